The third kappa shape index (κ3) is 3.07. The number of ether oxygens (including phenoxy) is 1. The Balaban J connectivity index is 1.43. The molecule has 1 amide bonds. The molecule has 26 heavy (non-hydrogen) atoms. The fourth-order valence-corrected chi connectivity index (χ4v) is 3.98. The highest BCUT2D eigenvalue weighted by Gasteiger charge is 2.33. The molecule has 2 aromatic carbocycles. The van der Waals surface area contributed by atoms with Gasteiger partial charge in [-0.05, 0) is 29.8 Å². The van der Waals surface area contributed by atoms with E-state index in [0.29, 0.717) is 11.6 Å². The number of halogens is 1. The van der Waals surface area contributed by atoms with Gasteiger partial charge in [-0.15, -0.1) is 0 Å². The van der Waals surface area contributed by atoms with E-state index in [1.807, 2.05) is 41.3 Å². The molecule has 136 valence electrons. The summed E-state index contributed by atoms with van der Waals surface area (Å²) in [6, 6.07) is 13.7. The van der Waals surface area contributed by atoms with Gasteiger partial charge < -0.3 is 19.9 Å². The Morgan fingerprint density at radius 1 is 1.15 bits per heavy atom. The van der Waals surface area contributed by atoms with Gasteiger partial charge in [0, 0.05) is 43.4 Å². The minimum Gasteiger partial charge on any atom is -0.495 e. The van der Waals surface area contributed by atoms with Crippen LogP contribution in [0.25, 0.3) is 0 Å². The summed E-state index contributed by atoms with van der Waals surface area (Å²) in [5.41, 5.74) is 3.11. The second-order valence-corrected chi connectivity index (χ2v) is 7.09. The molecule has 2 aromatic rings. The summed E-state index contributed by atoms with van der Waals surface area (Å²) in [6.45, 7) is 3.69. The van der Waals surface area contributed by atoms with Gasteiger partial charge in [0.15, 0.2) is 0 Å². The number of piperazine rings is 1. The zero-order valence-electron chi connectivity index (χ0n) is 14.7. The van der Waals surface area contributed by atoms with Gasteiger partial charge >= 0.3 is 0 Å². The van der Waals surface area contributed by atoms with Crippen molar-refractivity contribution in [3.63, 3.8) is 0 Å². The molecular formula is C20H22ClN3O2. The first-order chi connectivity index (χ1) is 12.7. The number of nitrogens with zero attached hydrogens (tertiary/aromatic N) is 2. The molecule has 0 saturated carbocycles. The summed E-state index contributed by atoms with van der Waals surface area (Å²) in [5.74, 6) is 0.941. The van der Waals surface area contributed by atoms with Crippen LogP contribution in [-0.2, 0) is 4.79 Å². The molecule has 6 heteroatoms. The van der Waals surface area contributed by atoms with Crippen molar-refractivity contribution in [2.45, 2.75) is 5.92 Å². The summed E-state index contributed by atoms with van der Waals surface area (Å²) in [4.78, 5) is 17.3. The fourth-order valence-electron chi connectivity index (χ4n) is 3.81. The van der Waals surface area contributed by atoms with Gasteiger partial charge in [-0.1, -0.05) is 29.8 Å². The zero-order valence-corrected chi connectivity index (χ0v) is 15.5. The van der Waals surface area contributed by atoms with Crippen LogP contribution in [0, 0.1) is 0 Å². The highest BCUT2D eigenvalue weighted by molar-refractivity contribution is 6.31. The monoisotopic (exact) mass is 371 g/mol. The molecule has 1 fully saturated rings. The van der Waals surface area contributed by atoms with Crippen molar-refractivity contribution in [2.24, 2.45) is 0 Å². The summed E-state index contributed by atoms with van der Waals surface area (Å²) < 4.78 is 5.46. The third-order valence-electron chi connectivity index (χ3n) is 5.20. The summed E-state index contributed by atoms with van der Waals surface area (Å²) in [7, 11) is 1.69. The van der Waals surface area contributed by atoms with E-state index < -0.39 is 0 Å². The van der Waals surface area contributed by atoms with Gasteiger partial charge in [0.25, 0.3) is 0 Å². The number of methoxy groups -OCH3 is 1. The average molecular weight is 372 g/mol. The highest BCUT2D eigenvalue weighted by Crippen LogP contribution is 2.35. The predicted octanol–water partition coefficient (Wildman–Crippen LogP) is 3.21. The van der Waals surface area contributed by atoms with Crippen molar-refractivity contribution >= 4 is 28.9 Å². The van der Waals surface area contributed by atoms with Gasteiger partial charge in [-0.2, -0.15) is 0 Å². The quantitative estimate of drug-likeness (QED) is 0.899. The van der Waals surface area contributed by atoms with E-state index in [9.17, 15) is 4.79 Å². The number of carbonyl (C=O) groups is 1. The molecule has 0 radical (unpaired) electrons. The van der Waals surface area contributed by atoms with Crippen LogP contribution in [0.15, 0.2) is 42.5 Å². The molecule has 0 aliphatic carbocycles. The van der Waals surface area contributed by atoms with Crippen molar-refractivity contribution in [1.82, 2.24) is 4.90 Å². The van der Waals surface area contributed by atoms with E-state index in [1.54, 1.807) is 7.11 Å². The van der Waals surface area contributed by atoms with Gasteiger partial charge in [-0.25, -0.2) is 0 Å². The number of amides is 1. The number of anilines is 2. The molecule has 1 saturated heterocycles. The Morgan fingerprint density at radius 2 is 1.92 bits per heavy atom. The molecule has 0 spiro atoms. The number of hydrogen-bond acceptors (Lipinski definition) is 4. The Kier molecular flexibility index (Phi) is 4.64. The topological polar surface area (TPSA) is 44.8 Å². The Hall–Kier alpha value is -2.40. The van der Waals surface area contributed by atoms with E-state index in [0.717, 1.165) is 48.9 Å². The molecular weight excluding hydrogens is 350 g/mol. The van der Waals surface area contributed by atoms with E-state index in [1.165, 1.54) is 0 Å². The normalized spacial score (nSPS) is 19.1. The van der Waals surface area contributed by atoms with E-state index >= 15 is 0 Å². The Labute approximate surface area is 158 Å². The first kappa shape index (κ1) is 17.0. The third-order valence-corrected chi connectivity index (χ3v) is 5.44. The van der Waals surface area contributed by atoms with Crippen LogP contribution < -0.4 is 15.0 Å². The van der Waals surface area contributed by atoms with Crippen LogP contribution in [-0.4, -0.2) is 50.6 Å². The number of carbonyl (C=O) groups excluding carboxylic acids is 1. The van der Waals surface area contributed by atoms with Crippen LogP contribution in [0.2, 0.25) is 5.02 Å². The molecule has 2 aliphatic rings. The van der Waals surface area contributed by atoms with Gasteiger partial charge in [0.1, 0.15) is 5.75 Å². The number of hydrogen-bond donors (Lipinski definition) is 1. The lowest BCUT2D eigenvalue weighted by Crippen LogP contribution is -2.50. The van der Waals surface area contributed by atoms with E-state index in [2.05, 4.69) is 16.3 Å². The van der Waals surface area contributed by atoms with Gasteiger partial charge in [-0.3, -0.25) is 4.79 Å². The van der Waals surface area contributed by atoms with Crippen molar-refractivity contribution in [2.75, 3.05) is 50.1 Å². The van der Waals surface area contributed by atoms with E-state index in [-0.39, 0.29) is 11.8 Å². The fraction of sp³-hybridized carbons (Fsp3) is 0.350. The summed E-state index contributed by atoms with van der Waals surface area (Å²) >= 11 is 6.05. The van der Waals surface area contributed by atoms with Crippen molar-refractivity contribution in [3.05, 3.63) is 53.1 Å². The highest BCUT2D eigenvalue weighted by atomic mass is 35.5. The van der Waals surface area contributed by atoms with Crippen LogP contribution in [0.5, 0.6) is 5.75 Å². The SMILES string of the molecule is COc1ccccc1N1CCN(C(=O)C2CNc3cc(Cl)ccc32)CC1. The second-order valence-electron chi connectivity index (χ2n) is 6.65. The summed E-state index contributed by atoms with van der Waals surface area (Å²) in [6.07, 6.45) is 0. The first-order valence-corrected chi connectivity index (χ1v) is 9.25. The number of nitrogens with one attached hydrogen (secondary N) is 1. The molecule has 2 aliphatic heterocycles. The number of rotatable bonds is 3. The van der Waals surface area contributed by atoms with E-state index in [4.69, 9.17) is 16.3 Å². The minimum atomic E-state index is -0.125. The molecule has 4 rings (SSSR count). The Morgan fingerprint density at radius 3 is 2.69 bits per heavy atom. The minimum absolute atomic E-state index is 0.125. The van der Waals surface area contributed by atoms with Crippen LogP contribution in [0.1, 0.15) is 11.5 Å². The smallest absolute Gasteiger partial charge is 0.232 e. The van der Waals surface area contributed by atoms with Crippen LogP contribution in [0.4, 0.5) is 11.4 Å². The largest absolute Gasteiger partial charge is 0.495 e. The molecule has 1 atom stereocenters. The predicted molar refractivity (Wildman–Crippen MR) is 104 cm³/mol. The van der Waals surface area contributed by atoms with Crippen molar-refractivity contribution in [1.29, 1.82) is 0 Å². The molecule has 2 heterocycles. The molecule has 1 N–H and O–H groups in total. The van der Waals surface area contributed by atoms with Gasteiger partial charge in [0.05, 0.1) is 18.7 Å². The molecule has 1 unspecified atom stereocenters. The molecule has 5 nitrogen and oxygen atoms in total. The maximum Gasteiger partial charge on any atom is 0.232 e. The maximum absolute atomic E-state index is 13.0. The lowest BCUT2D eigenvalue weighted by Gasteiger charge is -2.37. The van der Waals surface area contributed by atoms with Crippen molar-refractivity contribution < 1.29 is 9.53 Å². The average Bonchev–Trinajstić information content (AvgIpc) is 3.10. The number of benzene rings is 2. The Bertz CT molecular complexity index is 818. The van der Waals surface area contributed by atoms with Crippen LogP contribution >= 0.6 is 11.6 Å². The summed E-state index contributed by atoms with van der Waals surface area (Å²) in [5, 5.41) is 3.99. The first-order valence-electron chi connectivity index (χ1n) is 8.87. The number of para-hydroxylation sites is 2. The molecule has 0 bridgehead atoms. The maximum atomic E-state index is 13.0. The van der Waals surface area contributed by atoms with Crippen molar-refractivity contribution in [3.8, 4) is 5.75 Å². The second kappa shape index (κ2) is 7.08. The lowest BCUT2D eigenvalue weighted by molar-refractivity contribution is -0.132. The van der Waals surface area contributed by atoms with Gasteiger partial charge in [0.2, 0.25) is 5.91 Å². The standard InChI is InChI=1S/C20H22ClN3O2/c1-26-19-5-3-2-4-18(19)23-8-10-24(11-9-23)20(25)16-13-22-17-12-14(21)6-7-15(16)17/h2-7,12,16,22H,8-11,13H2,1H3. The number of fused-ring (bicyclic) bond motifs is 1. The van der Waals surface area contributed by atoms with Crippen LogP contribution in [0.3, 0.4) is 0 Å². The lowest BCUT2D eigenvalue weighted by atomic mass is 9.99. The molecule has 0 aromatic heterocycles. The zero-order chi connectivity index (χ0) is 18.1.